The number of nitrogens with zero attached hydrogens (tertiary/aromatic N) is 1. The molecule has 0 bridgehead atoms. The fraction of sp³-hybridized carbons (Fsp3) is 0.412. The number of hydrogen-bond donors (Lipinski definition) is 4. The summed E-state index contributed by atoms with van der Waals surface area (Å²) in [6, 6.07) is 37.3. The molecule has 0 saturated carbocycles. The Labute approximate surface area is 339 Å². The summed E-state index contributed by atoms with van der Waals surface area (Å²) in [5.41, 5.74) is 13.5. The van der Waals surface area contributed by atoms with E-state index >= 15 is 0 Å². The SMILES string of the molecule is Cc1cc(Nc2ccc(Nc3ccc(N(Cc4cc(C)c(O)c(C(C)(C)C)c4)C(C)CC(C)C)cc3)cc2)ccc1Nc1ccc(CC(C)CC(C)(C)C)cc1. The van der Waals surface area contributed by atoms with Crippen molar-refractivity contribution in [3.8, 4) is 5.75 Å². The van der Waals surface area contributed by atoms with Crippen LogP contribution in [-0.2, 0) is 18.4 Å². The average Bonchev–Trinajstić information content (AvgIpc) is 3.10. The van der Waals surface area contributed by atoms with Crippen LogP contribution in [0.4, 0.5) is 39.8 Å². The molecule has 5 rings (SSSR count). The number of aromatic hydroxyl groups is 1. The van der Waals surface area contributed by atoms with Gasteiger partial charge in [-0.25, -0.2) is 0 Å². The van der Waals surface area contributed by atoms with Crippen molar-refractivity contribution in [2.45, 2.75) is 120 Å². The Hall–Kier alpha value is -4.90. The third-order valence-corrected chi connectivity index (χ3v) is 10.5. The molecule has 5 nitrogen and oxygen atoms in total. The second kappa shape index (κ2) is 17.9. The minimum absolute atomic E-state index is 0.137. The van der Waals surface area contributed by atoms with Crippen LogP contribution in [0.1, 0.15) is 110 Å². The standard InChI is InChI=1S/C51H68N4O/c1-34(2)27-38(6)55(33-40-29-37(5)49(56)47(31-40)51(10,11)12)46-24-21-43(22-25-46)52-41-17-19-42(20-18-41)53-45-23-26-48(36(4)30-45)54-44-15-13-39(14-16-44)28-35(3)32-50(7,8)9/h13-26,29-31,34-35,38,52-54,56H,27-28,32-33H2,1-12H3. The van der Waals surface area contributed by atoms with Crippen LogP contribution < -0.4 is 20.9 Å². The predicted molar refractivity (Wildman–Crippen MR) is 244 cm³/mol. The minimum Gasteiger partial charge on any atom is -0.507 e. The first-order valence-corrected chi connectivity index (χ1v) is 20.6. The number of rotatable bonds is 15. The molecular formula is C51H68N4O. The van der Waals surface area contributed by atoms with Gasteiger partial charge in [0.05, 0.1) is 0 Å². The molecule has 5 aromatic rings. The van der Waals surface area contributed by atoms with Crippen LogP contribution in [0.25, 0.3) is 0 Å². The summed E-state index contributed by atoms with van der Waals surface area (Å²) in [6.07, 6.45) is 3.43. The monoisotopic (exact) mass is 753 g/mol. The summed E-state index contributed by atoms with van der Waals surface area (Å²) in [5.74, 6) is 1.66. The van der Waals surface area contributed by atoms with E-state index in [1.807, 2.05) is 6.92 Å². The fourth-order valence-electron chi connectivity index (χ4n) is 8.01. The Kier molecular flexibility index (Phi) is 13.5. The smallest absolute Gasteiger partial charge is 0.122 e. The van der Waals surface area contributed by atoms with E-state index in [0.29, 0.717) is 29.0 Å². The van der Waals surface area contributed by atoms with E-state index in [0.717, 1.165) is 64.6 Å². The Bertz CT molecular complexity index is 2020. The molecule has 4 N–H and O–H groups in total. The maximum absolute atomic E-state index is 10.8. The highest BCUT2D eigenvalue weighted by Gasteiger charge is 2.23. The normalized spacial score (nSPS) is 13.0. The number of anilines is 7. The molecular weight excluding hydrogens is 685 g/mol. The number of phenolic OH excluding ortho intramolecular Hbond substituents is 1. The molecule has 5 heteroatoms. The van der Waals surface area contributed by atoms with E-state index in [4.69, 9.17) is 0 Å². The van der Waals surface area contributed by atoms with Crippen molar-refractivity contribution < 1.29 is 5.11 Å². The Morgan fingerprint density at radius 1 is 0.589 bits per heavy atom. The zero-order valence-electron chi connectivity index (χ0n) is 36.3. The molecule has 0 aliphatic heterocycles. The topological polar surface area (TPSA) is 59.6 Å². The van der Waals surface area contributed by atoms with Gasteiger partial charge in [0.15, 0.2) is 0 Å². The van der Waals surface area contributed by atoms with E-state index in [9.17, 15) is 5.11 Å². The average molecular weight is 753 g/mol. The Morgan fingerprint density at radius 2 is 1.11 bits per heavy atom. The van der Waals surface area contributed by atoms with Gasteiger partial charge in [0.25, 0.3) is 0 Å². The van der Waals surface area contributed by atoms with Crippen molar-refractivity contribution in [1.29, 1.82) is 0 Å². The molecule has 5 aromatic carbocycles. The van der Waals surface area contributed by atoms with Crippen molar-refractivity contribution in [2.75, 3.05) is 20.9 Å². The highest BCUT2D eigenvalue weighted by atomic mass is 16.3. The summed E-state index contributed by atoms with van der Waals surface area (Å²) in [4.78, 5) is 2.50. The van der Waals surface area contributed by atoms with Gasteiger partial charge in [0.2, 0.25) is 0 Å². The van der Waals surface area contributed by atoms with Gasteiger partial charge < -0.3 is 26.0 Å². The third kappa shape index (κ3) is 12.0. The third-order valence-electron chi connectivity index (χ3n) is 10.5. The summed E-state index contributed by atoms with van der Waals surface area (Å²) < 4.78 is 0. The number of aryl methyl sites for hydroxylation is 2. The molecule has 0 spiro atoms. The lowest BCUT2D eigenvalue weighted by atomic mass is 9.83. The molecule has 0 aliphatic carbocycles. The van der Waals surface area contributed by atoms with Gasteiger partial charge in [0.1, 0.15) is 5.75 Å². The van der Waals surface area contributed by atoms with Crippen LogP contribution in [0.5, 0.6) is 5.75 Å². The molecule has 0 aromatic heterocycles. The first kappa shape index (κ1) is 42.2. The first-order valence-electron chi connectivity index (χ1n) is 20.6. The summed E-state index contributed by atoms with van der Waals surface area (Å²) in [5, 5.41) is 21.6. The van der Waals surface area contributed by atoms with Crippen molar-refractivity contribution in [3.05, 3.63) is 131 Å². The van der Waals surface area contributed by atoms with Crippen LogP contribution in [0.15, 0.2) is 103 Å². The first-order chi connectivity index (χ1) is 26.3. The largest absolute Gasteiger partial charge is 0.507 e. The molecule has 56 heavy (non-hydrogen) atoms. The lowest BCUT2D eigenvalue weighted by molar-refractivity contribution is 0.306. The molecule has 0 saturated heterocycles. The van der Waals surface area contributed by atoms with E-state index in [-0.39, 0.29) is 5.41 Å². The molecule has 0 radical (unpaired) electrons. The minimum atomic E-state index is -0.137. The molecule has 2 atom stereocenters. The molecule has 0 fully saturated rings. The molecule has 2 unspecified atom stereocenters. The van der Waals surface area contributed by atoms with E-state index in [2.05, 4.69) is 200 Å². The van der Waals surface area contributed by atoms with Crippen molar-refractivity contribution in [3.63, 3.8) is 0 Å². The van der Waals surface area contributed by atoms with Crippen molar-refractivity contribution >= 4 is 39.8 Å². The summed E-state index contributed by atoms with van der Waals surface area (Å²) in [7, 11) is 0. The van der Waals surface area contributed by atoms with Crippen molar-refractivity contribution in [1.82, 2.24) is 0 Å². The summed E-state index contributed by atoms with van der Waals surface area (Å²) in [6.45, 7) is 27.6. The number of nitrogens with one attached hydrogen (secondary N) is 3. The molecule has 298 valence electrons. The summed E-state index contributed by atoms with van der Waals surface area (Å²) >= 11 is 0. The predicted octanol–water partition coefficient (Wildman–Crippen LogP) is 14.6. The van der Waals surface area contributed by atoms with Crippen LogP contribution in [0.3, 0.4) is 0 Å². The maximum Gasteiger partial charge on any atom is 0.122 e. The van der Waals surface area contributed by atoms with Gasteiger partial charge >= 0.3 is 0 Å². The van der Waals surface area contributed by atoms with E-state index in [1.165, 1.54) is 28.8 Å². The Balaban J connectivity index is 1.20. The van der Waals surface area contributed by atoms with Gasteiger partial charge in [-0.2, -0.15) is 0 Å². The number of phenols is 1. The maximum atomic E-state index is 10.8. The second-order valence-electron chi connectivity index (χ2n) is 19.0. The number of hydrogen-bond acceptors (Lipinski definition) is 5. The highest BCUT2D eigenvalue weighted by molar-refractivity contribution is 5.71. The van der Waals surface area contributed by atoms with E-state index < -0.39 is 0 Å². The number of benzene rings is 5. The van der Waals surface area contributed by atoms with Gasteiger partial charge in [-0.05, 0) is 175 Å². The highest BCUT2D eigenvalue weighted by Crippen LogP contribution is 2.36. The lowest BCUT2D eigenvalue weighted by Crippen LogP contribution is -2.33. The van der Waals surface area contributed by atoms with Crippen molar-refractivity contribution in [2.24, 2.45) is 17.3 Å². The quantitative estimate of drug-likeness (QED) is 0.0858. The second-order valence-corrected chi connectivity index (χ2v) is 19.0. The Morgan fingerprint density at radius 3 is 1.64 bits per heavy atom. The van der Waals surface area contributed by atoms with Gasteiger partial charge in [-0.3, -0.25) is 0 Å². The van der Waals surface area contributed by atoms with Crippen LogP contribution >= 0.6 is 0 Å². The van der Waals surface area contributed by atoms with Gasteiger partial charge in [0, 0.05) is 52.4 Å². The van der Waals surface area contributed by atoms with Crippen LogP contribution in [0, 0.1) is 31.1 Å². The molecule has 0 heterocycles. The van der Waals surface area contributed by atoms with E-state index in [1.54, 1.807) is 0 Å². The zero-order valence-corrected chi connectivity index (χ0v) is 36.3. The van der Waals surface area contributed by atoms with Gasteiger partial charge in [-0.1, -0.05) is 80.5 Å². The lowest BCUT2D eigenvalue weighted by Gasteiger charge is -2.33. The molecule has 0 amide bonds. The molecule has 0 aliphatic rings. The van der Waals surface area contributed by atoms with Crippen LogP contribution in [0.2, 0.25) is 0 Å². The fourth-order valence-corrected chi connectivity index (χ4v) is 8.01. The zero-order chi connectivity index (χ0) is 40.8. The van der Waals surface area contributed by atoms with Crippen LogP contribution in [-0.4, -0.2) is 11.1 Å². The van der Waals surface area contributed by atoms with Gasteiger partial charge in [-0.15, -0.1) is 0 Å².